The number of hydrogen-bond donors (Lipinski definition) is 2. The molecule has 1 saturated heterocycles. The number of furan rings is 1. The van der Waals surface area contributed by atoms with E-state index in [1.165, 1.54) is 19.3 Å². The molecule has 0 aliphatic carbocycles. The molecule has 1 atom stereocenters. The SMILES string of the molecule is C=C(C)CN=C(NCCc1ccco1)NCCC1CCCCO1. The molecular formula is C18H29N3O2. The monoisotopic (exact) mass is 319 g/mol. The van der Waals surface area contributed by atoms with Gasteiger partial charge in [-0.3, -0.25) is 0 Å². The van der Waals surface area contributed by atoms with Crippen LogP contribution in [0.4, 0.5) is 0 Å². The number of ether oxygens (including phenoxy) is 1. The van der Waals surface area contributed by atoms with Gasteiger partial charge < -0.3 is 19.8 Å². The van der Waals surface area contributed by atoms with Crippen LogP contribution in [0, 0.1) is 0 Å². The van der Waals surface area contributed by atoms with E-state index >= 15 is 0 Å². The van der Waals surface area contributed by atoms with E-state index in [2.05, 4.69) is 22.2 Å². The average Bonchev–Trinajstić information content (AvgIpc) is 3.06. The molecule has 0 radical (unpaired) electrons. The highest BCUT2D eigenvalue weighted by molar-refractivity contribution is 5.79. The average molecular weight is 319 g/mol. The Labute approximate surface area is 139 Å². The summed E-state index contributed by atoms with van der Waals surface area (Å²) in [6, 6.07) is 3.90. The maximum Gasteiger partial charge on any atom is 0.191 e. The lowest BCUT2D eigenvalue weighted by atomic mass is 10.1. The summed E-state index contributed by atoms with van der Waals surface area (Å²) in [5, 5.41) is 6.74. The van der Waals surface area contributed by atoms with Crippen LogP contribution in [0.3, 0.4) is 0 Å². The van der Waals surface area contributed by atoms with Crippen LogP contribution in [0.1, 0.15) is 38.4 Å². The van der Waals surface area contributed by atoms with Crippen LogP contribution in [-0.4, -0.2) is 38.3 Å². The molecule has 1 fully saturated rings. The second kappa shape index (κ2) is 10.1. The first-order valence-electron chi connectivity index (χ1n) is 8.54. The van der Waals surface area contributed by atoms with Gasteiger partial charge in [-0.1, -0.05) is 12.2 Å². The molecule has 0 amide bonds. The molecule has 0 bridgehead atoms. The van der Waals surface area contributed by atoms with Crippen molar-refractivity contribution in [1.82, 2.24) is 10.6 Å². The number of nitrogens with one attached hydrogen (secondary N) is 2. The van der Waals surface area contributed by atoms with Gasteiger partial charge in [-0.25, -0.2) is 4.99 Å². The Morgan fingerprint density at radius 2 is 2.22 bits per heavy atom. The van der Waals surface area contributed by atoms with Crippen LogP contribution < -0.4 is 10.6 Å². The predicted molar refractivity (Wildman–Crippen MR) is 93.7 cm³/mol. The second-order valence-corrected chi connectivity index (χ2v) is 6.08. The van der Waals surface area contributed by atoms with E-state index in [1.807, 2.05) is 19.1 Å². The van der Waals surface area contributed by atoms with Gasteiger partial charge in [0.1, 0.15) is 5.76 Å². The maximum absolute atomic E-state index is 5.76. The largest absolute Gasteiger partial charge is 0.469 e. The van der Waals surface area contributed by atoms with Gasteiger partial charge in [0.05, 0.1) is 18.9 Å². The first-order chi connectivity index (χ1) is 11.2. The molecule has 1 aliphatic rings. The van der Waals surface area contributed by atoms with Gasteiger partial charge in [0.25, 0.3) is 0 Å². The number of aliphatic imine (C=N–C) groups is 1. The second-order valence-electron chi connectivity index (χ2n) is 6.08. The zero-order valence-corrected chi connectivity index (χ0v) is 14.1. The van der Waals surface area contributed by atoms with Crippen LogP contribution in [0.2, 0.25) is 0 Å². The quantitative estimate of drug-likeness (QED) is 0.439. The lowest BCUT2D eigenvalue weighted by molar-refractivity contribution is 0.0122. The van der Waals surface area contributed by atoms with Crippen molar-refractivity contribution < 1.29 is 9.15 Å². The van der Waals surface area contributed by atoms with Gasteiger partial charge in [0.15, 0.2) is 5.96 Å². The van der Waals surface area contributed by atoms with Crippen LogP contribution in [-0.2, 0) is 11.2 Å². The van der Waals surface area contributed by atoms with E-state index in [0.29, 0.717) is 12.6 Å². The summed E-state index contributed by atoms with van der Waals surface area (Å²) >= 11 is 0. The van der Waals surface area contributed by atoms with Crippen LogP contribution in [0.15, 0.2) is 40.0 Å². The van der Waals surface area contributed by atoms with Crippen LogP contribution >= 0.6 is 0 Å². The van der Waals surface area contributed by atoms with Crippen molar-refractivity contribution >= 4 is 5.96 Å². The highest BCUT2D eigenvalue weighted by Gasteiger charge is 2.13. The van der Waals surface area contributed by atoms with Crippen molar-refractivity contribution in [2.75, 3.05) is 26.2 Å². The summed E-state index contributed by atoms with van der Waals surface area (Å²) < 4.78 is 11.1. The van der Waals surface area contributed by atoms with Crippen molar-refractivity contribution in [2.45, 2.75) is 45.1 Å². The molecule has 1 aromatic heterocycles. The van der Waals surface area contributed by atoms with Gasteiger partial charge in [0.2, 0.25) is 0 Å². The Kier molecular flexibility index (Phi) is 7.73. The minimum absolute atomic E-state index is 0.391. The van der Waals surface area contributed by atoms with Gasteiger partial charge in [0, 0.05) is 26.1 Å². The minimum Gasteiger partial charge on any atom is -0.469 e. The predicted octanol–water partition coefficient (Wildman–Crippen LogP) is 2.89. The van der Waals surface area contributed by atoms with Crippen molar-refractivity contribution in [3.05, 3.63) is 36.3 Å². The molecule has 1 aromatic rings. The maximum atomic E-state index is 5.76. The zero-order valence-electron chi connectivity index (χ0n) is 14.1. The standard InChI is InChI=1S/C18H29N3O2/c1-15(2)14-21-18(20-11-9-17-7-5-13-23-17)19-10-8-16-6-3-4-12-22-16/h5,7,13,16H,1,3-4,6,8-12,14H2,2H3,(H2,19,20,21). The zero-order chi connectivity index (χ0) is 16.3. The molecule has 0 aromatic carbocycles. The van der Waals surface area contributed by atoms with Gasteiger partial charge in [-0.2, -0.15) is 0 Å². The van der Waals surface area contributed by atoms with Crippen molar-refractivity contribution in [2.24, 2.45) is 4.99 Å². The fourth-order valence-corrected chi connectivity index (χ4v) is 2.53. The minimum atomic E-state index is 0.391. The molecule has 23 heavy (non-hydrogen) atoms. The Hall–Kier alpha value is -1.75. The topological polar surface area (TPSA) is 58.8 Å². The van der Waals surface area contributed by atoms with Crippen molar-refractivity contribution in [3.8, 4) is 0 Å². The summed E-state index contributed by atoms with van der Waals surface area (Å²) in [6.45, 7) is 9.09. The number of nitrogens with zero attached hydrogens (tertiary/aromatic N) is 1. The smallest absolute Gasteiger partial charge is 0.191 e. The molecule has 0 spiro atoms. The van der Waals surface area contributed by atoms with Crippen molar-refractivity contribution in [1.29, 1.82) is 0 Å². The first-order valence-corrected chi connectivity index (χ1v) is 8.54. The van der Waals surface area contributed by atoms with E-state index in [4.69, 9.17) is 9.15 Å². The third-order valence-electron chi connectivity index (χ3n) is 3.78. The first kappa shape index (κ1) is 17.6. The molecule has 5 heteroatoms. The van der Waals surface area contributed by atoms with Crippen LogP contribution in [0.5, 0.6) is 0 Å². The molecule has 5 nitrogen and oxygen atoms in total. The lowest BCUT2D eigenvalue weighted by Crippen LogP contribution is -2.40. The van der Waals surface area contributed by atoms with E-state index in [-0.39, 0.29) is 0 Å². The molecule has 1 unspecified atom stereocenters. The molecule has 2 N–H and O–H groups in total. The van der Waals surface area contributed by atoms with E-state index in [9.17, 15) is 0 Å². The van der Waals surface area contributed by atoms with Crippen LogP contribution in [0.25, 0.3) is 0 Å². The Balaban J connectivity index is 1.71. The van der Waals surface area contributed by atoms with Gasteiger partial charge in [-0.15, -0.1) is 0 Å². The summed E-state index contributed by atoms with van der Waals surface area (Å²) in [4.78, 5) is 4.55. The summed E-state index contributed by atoms with van der Waals surface area (Å²) in [5.74, 6) is 1.81. The summed E-state index contributed by atoms with van der Waals surface area (Å²) in [6.07, 6.45) is 7.60. The number of rotatable bonds is 8. The van der Waals surface area contributed by atoms with E-state index in [1.54, 1.807) is 6.26 Å². The van der Waals surface area contributed by atoms with E-state index < -0.39 is 0 Å². The van der Waals surface area contributed by atoms with Gasteiger partial charge in [-0.05, 0) is 44.7 Å². The summed E-state index contributed by atoms with van der Waals surface area (Å²) in [5.41, 5.74) is 1.05. The molecule has 2 heterocycles. The van der Waals surface area contributed by atoms with E-state index in [0.717, 1.165) is 49.8 Å². The number of guanidine groups is 1. The third-order valence-corrected chi connectivity index (χ3v) is 3.78. The Bertz CT molecular complexity index is 476. The normalized spacial score (nSPS) is 18.7. The fraction of sp³-hybridized carbons (Fsp3) is 0.611. The third kappa shape index (κ3) is 7.37. The lowest BCUT2D eigenvalue weighted by Gasteiger charge is -2.23. The molecule has 1 aliphatic heterocycles. The Morgan fingerprint density at radius 3 is 2.91 bits per heavy atom. The highest BCUT2D eigenvalue weighted by atomic mass is 16.5. The molecule has 0 saturated carbocycles. The molecular weight excluding hydrogens is 290 g/mol. The Morgan fingerprint density at radius 1 is 1.35 bits per heavy atom. The number of hydrogen-bond acceptors (Lipinski definition) is 3. The summed E-state index contributed by atoms with van der Waals surface area (Å²) in [7, 11) is 0. The van der Waals surface area contributed by atoms with Crippen molar-refractivity contribution in [3.63, 3.8) is 0 Å². The fourth-order valence-electron chi connectivity index (χ4n) is 2.53. The van der Waals surface area contributed by atoms with Gasteiger partial charge >= 0.3 is 0 Å². The molecule has 128 valence electrons. The molecule has 2 rings (SSSR count). The highest BCUT2D eigenvalue weighted by Crippen LogP contribution is 2.14.